The minimum absolute atomic E-state index is 0.0141. The molecule has 0 fully saturated rings. The maximum absolute atomic E-state index is 12.9. The van der Waals surface area contributed by atoms with Crippen molar-refractivity contribution in [2.24, 2.45) is 0 Å². The van der Waals surface area contributed by atoms with Crippen LogP contribution in [0.15, 0.2) is 41.3 Å². The number of carboxylic acid groups (broad SMARTS) is 1. The first-order valence-corrected chi connectivity index (χ1v) is 9.76. The Balaban J connectivity index is 2.35. The number of rotatable bonds is 7. The van der Waals surface area contributed by atoms with Crippen LogP contribution in [-0.4, -0.2) is 42.0 Å². The Morgan fingerprint density at radius 3 is 2.35 bits per heavy atom. The molecule has 0 radical (unpaired) electrons. The van der Waals surface area contributed by atoms with E-state index >= 15 is 0 Å². The lowest BCUT2D eigenvalue weighted by molar-refractivity contribution is -0.137. The molecule has 0 amide bonds. The molecule has 6 nitrogen and oxygen atoms in total. The van der Waals surface area contributed by atoms with Gasteiger partial charge in [-0.3, -0.25) is 4.79 Å². The third kappa shape index (κ3) is 4.88. The van der Waals surface area contributed by atoms with Gasteiger partial charge in [0.1, 0.15) is 11.4 Å². The Morgan fingerprint density at radius 1 is 1.15 bits per heavy atom. The minimum atomic E-state index is -4.32. The van der Waals surface area contributed by atoms with Crippen molar-refractivity contribution < 1.29 is 23.4 Å². The second kappa shape index (κ2) is 8.26. The second-order valence-electron chi connectivity index (χ2n) is 5.70. The lowest BCUT2D eigenvalue weighted by Crippen LogP contribution is -2.37. The van der Waals surface area contributed by atoms with Crippen LogP contribution in [0.2, 0.25) is 10.0 Å². The van der Waals surface area contributed by atoms with Crippen molar-refractivity contribution in [1.82, 2.24) is 4.31 Å². The number of hydrogen-bond acceptors (Lipinski definition) is 4. The summed E-state index contributed by atoms with van der Waals surface area (Å²) >= 11 is 11.6. The van der Waals surface area contributed by atoms with E-state index in [0.29, 0.717) is 6.42 Å². The summed E-state index contributed by atoms with van der Waals surface area (Å²) in [5.41, 5.74) is 1.91. The molecular weight excluding hydrogens is 401 g/mol. The third-order valence-electron chi connectivity index (χ3n) is 3.69. The standard InChI is InChI=1S/C17H17Cl2NO5S/c1-11-2-4-12(5-3-11)6-7-20(10-16(21)22)26(24,25)15-9-13(18)8-14(19)17(15)23/h2-5,8-9,23H,6-7,10H2,1H3,(H,21,22). The fourth-order valence-corrected chi connectivity index (χ4v) is 4.46. The number of carbonyl (C=O) groups is 1. The van der Waals surface area contributed by atoms with Gasteiger partial charge in [-0.2, -0.15) is 4.31 Å². The molecule has 9 heteroatoms. The Hall–Kier alpha value is -1.80. The Bertz CT molecular complexity index is 913. The number of nitrogens with zero attached hydrogens (tertiary/aromatic N) is 1. The molecule has 0 atom stereocenters. The summed E-state index contributed by atoms with van der Waals surface area (Å²) in [7, 11) is -4.32. The van der Waals surface area contributed by atoms with Crippen LogP contribution in [0.25, 0.3) is 0 Å². The fourth-order valence-electron chi connectivity index (χ4n) is 2.32. The van der Waals surface area contributed by atoms with Gasteiger partial charge in [-0.25, -0.2) is 8.42 Å². The normalized spacial score (nSPS) is 11.7. The number of phenolic OH excluding ortho intramolecular Hbond substituents is 1. The van der Waals surface area contributed by atoms with Crippen LogP contribution in [0.3, 0.4) is 0 Å². The lowest BCUT2D eigenvalue weighted by Gasteiger charge is -2.21. The molecule has 2 aromatic rings. The number of sulfonamides is 1. The van der Waals surface area contributed by atoms with Gasteiger partial charge in [-0.05, 0) is 31.0 Å². The van der Waals surface area contributed by atoms with Crippen LogP contribution in [0.4, 0.5) is 0 Å². The predicted molar refractivity (Wildman–Crippen MR) is 99.4 cm³/mol. The maximum atomic E-state index is 12.9. The molecule has 2 N–H and O–H groups in total. The largest absolute Gasteiger partial charge is 0.505 e. The molecule has 2 aromatic carbocycles. The average molecular weight is 418 g/mol. The van der Waals surface area contributed by atoms with Gasteiger partial charge in [0.25, 0.3) is 0 Å². The van der Waals surface area contributed by atoms with Gasteiger partial charge in [0.05, 0.1) is 5.02 Å². The molecule has 26 heavy (non-hydrogen) atoms. The molecule has 0 heterocycles. The highest BCUT2D eigenvalue weighted by atomic mass is 35.5. The number of aryl methyl sites for hydroxylation is 1. The van der Waals surface area contributed by atoms with Crippen molar-refractivity contribution in [1.29, 1.82) is 0 Å². The van der Waals surface area contributed by atoms with Gasteiger partial charge in [0.15, 0.2) is 5.75 Å². The number of carboxylic acids is 1. The quantitative estimate of drug-likeness (QED) is 0.720. The van der Waals surface area contributed by atoms with E-state index in [9.17, 15) is 18.3 Å². The zero-order valence-corrected chi connectivity index (χ0v) is 16.1. The molecule has 0 saturated heterocycles. The molecule has 0 unspecified atom stereocenters. The maximum Gasteiger partial charge on any atom is 0.318 e. The highest BCUT2D eigenvalue weighted by Gasteiger charge is 2.30. The van der Waals surface area contributed by atoms with Gasteiger partial charge in [-0.1, -0.05) is 53.0 Å². The van der Waals surface area contributed by atoms with Crippen molar-refractivity contribution in [3.8, 4) is 5.75 Å². The third-order valence-corrected chi connectivity index (χ3v) is 6.06. The van der Waals surface area contributed by atoms with Crippen molar-refractivity contribution in [2.75, 3.05) is 13.1 Å². The van der Waals surface area contributed by atoms with Crippen LogP contribution in [0.5, 0.6) is 5.75 Å². The SMILES string of the molecule is Cc1ccc(CCN(CC(=O)O)S(=O)(=O)c2cc(Cl)cc(Cl)c2O)cc1. The molecule has 140 valence electrons. The first-order valence-electron chi connectivity index (χ1n) is 7.56. The van der Waals surface area contributed by atoms with Crippen molar-refractivity contribution in [2.45, 2.75) is 18.2 Å². The number of hydrogen-bond donors (Lipinski definition) is 2. The van der Waals surface area contributed by atoms with E-state index in [-0.39, 0.29) is 16.6 Å². The van der Waals surface area contributed by atoms with Crippen LogP contribution in [-0.2, 0) is 21.2 Å². The number of benzene rings is 2. The Kier molecular flexibility index (Phi) is 6.52. The molecule has 0 bridgehead atoms. The van der Waals surface area contributed by atoms with Crippen molar-refractivity contribution in [3.05, 3.63) is 57.6 Å². The van der Waals surface area contributed by atoms with Crippen LogP contribution in [0, 0.1) is 6.92 Å². The zero-order chi connectivity index (χ0) is 19.5. The highest BCUT2D eigenvalue weighted by molar-refractivity contribution is 7.89. The molecule has 2 rings (SSSR count). The summed E-state index contributed by atoms with van der Waals surface area (Å²) in [6, 6.07) is 9.69. The molecule has 0 saturated carbocycles. The molecule has 0 aliphatic carbocycles. The monoisotopic (exact) mass is 417 g/mol. The number of halogens is 2. The van der Waals surface area contributed by atoms with E-state index in [0.717, 1.165) is 21.5 Å². The lowest BCUT2D eigenvalue weighted by atomic mass is 10.1. The second-order valence-corrected chi connectivity index (χ2v) is 8.45. The van der Waals surface area contributed by atoms with E-state index in [1.807, 2.05) is 31.2 Å². The van der Waals surface area contributed by atoms with Crippen molar-refractivity contribution in [3.63, 3.8) is 0 Å². The predicted octanol–water partition coefficient (Wildman–Crippen LogP) is 3.33. The smallest absolute Gasteiger partial charge is 0.318 e. The first kappa shape index (κ1) is 20.5. The molecule has 0 aromatic heterocycles. The molecule has 0 aliphatic heterocycles. The van der Waals surface area contributed by atoms with E-state index in [4.69, 9.17) is 28.3 Å². The molecule has 0 aliphatic rings. The number of phenols is 1. The van der Waals surface area contributed by atoms with Gasteiger partial charge in [0, 0.05) is 11.6 Å². The average Bonchev–Trinajstić information content (AvgIpc) is 2.55. The van der Waals surface area contributed by atoms with Crippen LogP contribution in [0.1, 0.15) is 11.1 Å². The van der Waals surface area contributed by atoms with E-state index in [2.05, 4.69) is 0 Å². The van der Waals surface area contributed by atoms with E-state index < -0.39 is 33.2 Å². The summed E-state index contributed by atoms with van der Waals surface area (Å²) in [5, 5.41) is 18.9. The first-order chi connectivity index (χ1) is 12.1. The summed E-state index contributed by atoms with van der Waals surface area (Å²) in [5.74, 6) is -1.98. The van der Waals surface area contributed by atoms with Crippen molar-refractivity contribution >= 4 is 39.2 Å². The van der Waals surface area contributed by atoms with Crippen LogP contribution < -0.4 is 0 Å². The number of aromatic hydroxyl groups is 1. The summed E-state index contributed by atoms with van der Waals surface area (Å²) in [6.45, 7) is 1.09. The fraction of sp³-hybridized carbons (Fsp3) is 0.235. The van der Waals surface area contributed by atoms with Gasteiger partial charge >= 0.3 is 5.97 Å². The minimum Gasteiger partial charge on any atom is -0.505 e. The summed E-state index contributed by atoms with van der Waals surface area (Å²) < 4.78 is 26.5. The van der Waals surface area contributed by atoms with Gasteiger partial charge in [-0.15, -0.1) is 0 Å². The zero-order valence-electron chi connectivity index (χ0n) is 13.8. The Labute approximate surface area is 161 Å². The topological polar surface area (TPSA) is 94.9 Å². The summed E-state index contributed by atoms with van der Waals surface area (Å²) in [6.07, 6.45) is 0.307. The Morgan fingerprint density at radius 2 is 1.77 bits per heavy atom. The van der Waals surface area contributed by atoms with Gasteiger partial charge < -0.3 is 10.2 Å². The van der Waals surface area contributed by atoms with Gasteiger partial charge in [0.2, 0.25) is 10.0 Å². The summed E-state index contributed by atoms with van der Waals surface area (Å²) in [4.78, 5) is 10.6. The molecular formula is C17H17Cl2NO5S. The number of aliphatic carboxylic acids is 1. The molecule has 0 spiro atoms. The van der Waals surface area contributed by atoms with Crippen LogP contribution >= 0.6 is 23.2 Å². The van der Waals surface area contributed by atoms with E-state index in [1.165, 1.54) is 6.07 Å². The van der Waals surface area contributed by atoms with E-state index in [1.54, 1.807) is 0 Å². The highest BCUT2D eigenvalue weighted by Crippen LogP contribution is 2.35.